The van der Waals surface area contributed by atoms with Gasteiger partial charge >= 0.3 is 6.36 Å². The Balaban J connectivity index is 0.000000638. The van der Waals surface area contributed by atoms with Crippen LogP contribution in [0.3, 0.4) is 0 Å². The van der Waals surface area contributed by atoms with Crippen LogP contribution in [-0.4, -0.2) is 41.4 Å². The number of carbonyl (C=O) groups is 1. The monoisotopic (exact) mass is 533 g/mol. The van der Waals surface area contributed by atoms with Crippen LogP contribution in [0.2, 0.25) is 0 Å². The lowest BCUT2D eigenvalue weighted by Crippen LogP contribution is -2.36. The number of allylic oxidation sites excluding steroid dienone is 3. The van der Waals surface area contributed by atoms with Gasteiger partial charge in [0.2, 0.25) is 0 Å². The predicted molar refractivity (Wildman–Crippen MR) is 147 cm³/mol. The Kier molecular flexibility index (Phi) is 12.3. The summed E-state index contributed by atoms with van der Waals surface area (Å²) in [6.45, 7) is 11.0. The van der Waals surface area contributed by atoms with Crippen molar-refractivity contribution in [1.29, 1.82) is 0 Å². The number of hydrogen-bond acceptors (Lipinski definition) is 6. The third-order valence-electron chi connectivity index (χ3n) is 5.96. The van der Waals surface area contributed by atoms with E-state index in [-0.39, 0.29) is 17.6 Å². The zero-order valence-electron chi connectivity index (χ0n) is 22.4. The number of rotatable bonds is 10. The molecule has 38 heavy (non-hydrogen) atoms. The summed E-state index contributed by atoms with van der Waals surface area (Å²) in [4.78, 5) is 17.1. The second-order valence-corrected chi connectivity index (χ2v) is 8.88. The van der Waals surface area contributed by atoms with E-state index in [0.29, 0.717) is 30.8 Å². The molecule has 1 saturated heterocycles. The maximum atomic E-state index is 12.4. The van der Waals surface area contributed by atoms with Crippen molar-refractivity contribution in [3.05, 3.63) is 60.8 Å². The molecule has 1 aliphatic heterocycles. The molecule has 0 saturated carbocycles. The van der Waals surface area contributed by atoms with Crippen molar-refractivity contribution in [2.24, 2.45) is 0 Å². The Labute approximate surface area is 223 Å². The van der Waals surface area contributed by atoms with Gasteiger partial charge in [-0.3, -0.25) is 4.79 Å². The first-order valence-electron chi connectivity index (χ1n) is 13.0. The molecule has 2 aromatic rings. The van der Waals surface area contributed by atoms with Crippen LogP contribution in [0.15, 0.2) is 55.3 Å². The molecule has 0 spiro atoms. The second kappa shape index (κ2) is 15.2. The molecule has 2 heterocycles. The van der Waals surface area contributed by atoms with E-state index >= 15 is 0 Å². The number of pyridine rings is 1. The van der Waals surface area contributed by atoms with E-state index < -0.39 is 6.36 Å². The summed E-state index contributed by atoms with van der Waals surface area (Å²) in [5.74, 6) is 0.518. The second-order valence-electron chi connectivity index (χ2n) is 8.88. The molecule has 9 heteroatoms. The number of nitrogens with one attached hydrogen (secondary N) is 1. The van der Waals surface area contributed by atoms with Gasteiger partial charge in [0.05, 0.1) is 6.10 Å². The first kappa shape index (κ1) is 30.9. The highest BCUT2D eigenvalue weighted by Gasteiger charge is 2.31. The molecule has 0 bridgehead atoms. The highest BCUT2D eigenvalue weighted by Crippen LogP contribution is 2.37. The fraction of sp³-hybridized carbons (Fsp3) is 0.448. The Morgan fingerprint density at radius 1 is 1.18 bits per heavy atom. The fourth-order valence-corrected chi connectivity index (χ4v) is 4.13. The van der Waals surface area contributed by atoms with Crippen LogP contribution in [0.25, 0.3) is 5.57 Å². The maximum Gasteiger partial charge on any atom is 0.573 e. The van der Waals surface area contributed by atoms with E-state index in [1.54, 1.807) is 6.20 Å². The fourth-order valence-electron chi connectivity index (χ4n) is 4.13. The number of alkyl halides is 3. The SMILES string of the molecule is C=CC(=O)CCC.CC/C=C(\CC)c1c(N2CCC(O)CC2)ccnc1Nc1ccc(OC(F)(F)F)cc1. The van der Waals surface area contributed by atoms with Gasteiger partial charge in [0.15, 0.2) is 5.78 Å². The van der Waals surface area contributed by atoms with Crippen LogP contribution in [0, 0.1) is 0 Å². The summed E-state index contributed by atoms with van der Waals surface area (Å²) in [6.07, 6.45) is 4.95. The molecule has 0 radical (unpaired) electrons. The van der Waals surface area contributed by atoms with Crippen LogP contribution < -0.4 is 15.0 Å². The first-order chi connectivity index (χ1) is 18.1. The average Bonchev–Trinajstić information content (AvgIpc) is 2.88. The van der Waals surface area contributed by atoms with Crippen molar-refractivity contribution in [3.8, 4) is 5.75 Å². The molecule has 6 nitrogen and oxygen atoms in total. The van der Waals surface area contributed by atoms with Gasteiger partial charge in [0, 0.05) is 42.6 Å². The van der Waals surface area contributed by atoms with Gasteiger partial charge in [0.1, 0.15) is 11.6 Å². The van der Waals surface area contributed by atoms with Crippen LogP contribution in [-0.2, 0) is 4.79 Å². The number of anilines is 3. The molecule has 3 rings (SSSR count). The third-order valence-corrected chi connectivity index (χ3v) is 5.96. The van der Waals surface area contributed by atoms with Crippen molar-refractivity contribution in [2.45, 2.75) is 71.8 Å². The zero-order valence-corrected chi connectivity index (χ0v) is 22.4. The summed E-state index contributed by atoms with van der Waals surface area (Å²) < 4.78 is 41.2. The number of ketones is 1. The Morgan fingerprint density at radius 2 is 1.84 bits per heavy atom. The molecular weight excluding hydrogens is 495 g/mol. The molecule has 2 N–H and O–H groups in total. The van der Waals surface area contributed by atoms with E-state index in [9.17, 15) is 23.1 Å². The molecule has 1 fully saturated rings. The number of aliphatic hydroxyl groups is 1. The quantitative estimate of drug-likeness (QED) is 0.309. The molecular formula is C29H38F3N3O3. The maximum absolute atomic E-state index is 12.4. The molecule has 0 aliphatic carbocycles. The Hall–Kier alpha value is -3.33. The van der Waals surface area contributed by atoms with E-state index in [4.69, 9.17) is 0 Å². The van der Waals surface area contributed by atoms with E-state index in [1.165, 1.54) is 30.3 Å². The summed E-state index contributed by atoms with van der Waals surface area (Å²) in [6, 6.07) is 7.59. The highest BCUT2D eigenvalue weighted by molar-refractivity contribution is 5.89. The van der Waals surface area contributed by atoms with Gasteiger partial charge in [-0.05, 0) is 74.1 Å². The third kappa shape index (κ3) is 9.85. The number of carbonyl (C=O) groups excluding carboxylic acids is 1. The highest BCUT2D eigenvalue weighted by atomic mass is 19.4. The molecule has 0 unspecified atom stereocenters. The normalized spacial score (nSPS) is 14.4. The van der Waals surface area contributed by atoms with Crippen molar-refractivity contribution in [3.63, 3.8) is 0 Å². The number of ether oxygens (including phenoxy) is 1. The lowest BCUT2D eigenvalue weighted by atomic mass is 9.98. The molecule has 0 atom stereocenters. The van der Waals surface area contributed by atoms with Gasteiger partial charge in [-0.1, -0.05) is 33.4 Å². The molecule has 208 valence electrons. The predicted octanol–water partition coefficient (Wildman–Crippen LogP) is 7.43. The largest absolute Gasteiger partial charge is 0.573 e. The average molecular weight is 534 g/mol. The van der Waals surface area contributed by atoms with Crippen LogP contribution in [0.5, 0.6) is 5.75 Å². The van der Waals surface area contributed by atoms with Gasteiger partial charge < -0.3 is 20.1 Å². The van der Waals surface area contributed by atoms with Gasteiger partial charge in [-0.15, -0.1) is 13.2 Å². The van der Waals surface area contributed by atoms with Crippen LogP contribution >= 0.6 is 0 Å². The summed E-state index contributed by atoms with van der Waals surface area (Å²) in [5, 5.41) is 13.1. The van der Waals surface area contributed by atoms with Crippen LogP contribution in [0.1, 0.15) is 64.9 Å². The number of piperidine rings is 1. The lowest BCUT2D eigenvalue weighted by Gasteiger charge is -2.33. The van der Waals surface area contributed by atoms with Gasteiger partial charge in [0.25, 0.3) is 0 Å². The number of aliphatic hydroxyl groups excluding tert-OH is 1. The number of nitrogens with zero attached hydrogens (tertiary/aromatic N) is 2. The zero-order chi connectivity index (χ0) is 28.1. The van der Waals surface area contributed by atoms with Crippen molar-refractivity contribution in [1.82, 2.24) is 4.98 Å². The van der Waals surface area contributed by atoms with Crippen LogP contribution in [0.4, 0.5) is 30.4 Å². The van der Waals surface area contributed by atoms with E-state index in [0.717, 1.165) is 49.2 Å². The smallest absolute Gasteiger partial charge is 0.406 e. The molecule has 1 aromatic heterocycles. The Bertz CT molecular complexity index is 1060. The van der Waals surface area contributed by atoms with Gasteiger partial charge in [-0.2, -0.15) is 0 Å². The lowest BCUT2D eigenvalue weighted by molar-refractivity contribution is -0.274. The first-order valence-corrected chi connectivity index (χ1v) is 13.0. The minimum Gasteiger partial charge on any atom is -0.406 e. The summed E-state index contributed by atoms with van der Waals surface area (Å²) >= 11 is 0. The van der Waals surface area contributed by atoms with E-state index in [1.807, 2.05) is 13.0 Å². The van der Waals surface area contributed by atoms with E-state index in [2.05, 4.69) is 46.4 Å². The standard InChI is InChI=1S/C23H28F3N3O2.C6H10O/c1-3-5-16(4-2)21-20(29-14-11-18(30)12-15-29)10-13-27-22(21)28-17-6-8-19(9-7-17)31-23(24,25)26;1-3-5-6(7)4-2/h5-10,13,18,30H,3-4,11-12,14-15H2,1-2H3,(H,27,28);4H,2-3,5H2,1H3/b16-5+;. The summed E-state index contributed by atoms with van der Waals surface area (Å²) in [7, 11) is 0. The minimum atomic E-state index is -4.72. The van der Waals surface area contributed by atoms with Crippen molar-refractivity contribution >= 4 is 28.5 Å². The molecule has 0 amide bonds. The van der Waals surface area contributed by atoms with Crippen molar-refractivity contribution in [2.75, 3.05) is 23.3 Å². The van der Waals surface area contributed by atoms with Gasteiger partial charge in [-0.25, -0.2) is 4.98 Å². The number of halogens is 3. The molecule has 1 aliphatic rings. The number of aromatic nitrogens is 1. The topological polar surface area (TPSA) is 74.7 Å². The van der Waals surface area contributed by atoms with Crippen molar-refractivity contribution < 1.29 is 27.8 Å². The number of hydrogen-bond donors (Lipinski definition) is 2. The summed E-state index contributed by atoms with van der Waals surface area (Å²) in [5.41, 5.74) is 3.79. The Morgan fingerprint density at radius 3 is 2.34 bits per heavy atom. The number of benzene rings is 1. The molecule has 1 aromatic carbocycles. The minimum absolute atomic E-state index is 0.141.